The van der Waals surface area contributed by atoms with E-state index in [2.05, 4.69) is 0 Å². The highest BCUT2D eigenvalue weighted by Crippen LogP contribution is 2.28. The normalized spacial score (nSPS) is 15.8. The Morgan fingerprint density at radius 3 is 2.92 bits per heavy atom. The van der Waals surface area contributed by atoms with Gasteiger partial charge in [0.2, 0.25) is 0 Å². The van der Waals surface area contributed by atoms with E-state index in [9.17, 15) is 9.59 Å². The fraction of sp³-hybridized carbons (Fsp3) is 0.333. The molecule has 0 amide bonds. The average molecular weight is 180 g/mol. The lowest BCUT2D eigenvalue weighted by molar-refractivity contribution is 0.0973. The van der Waals surface area contributed by atoms with E-state index < -0.39 is 0 Å². The lowest BCUT2D eigenvalue weighted by Crippen LogP contribution is -2.06. The van der Waals surface area contributed by atoms with Crippen LogP contribution in [0.15, 0.2) is 6.07 Å². The Kier molecular flexibility index (Phi) is 1.81. The molecule has 0 spiro atoms. The quantitative estimate of drug-likeness (QED) is 0.620. The summed E-state index contributed by atoms with van der Waals surface area (Å²) in [6, 6.07) is 1.72. The van der Waals surface area contributed by atoms with Crippen LogP contribution in [0.1, 0.15) is 37.7 Å². The Morgan fingerprint density at radius 1 is 1.42 bits per heavy atom. The number of hydrogen-bond acceptors (Lipinski definition) is 3. The summed E-state index contributed by atoms with van der Waals surface area (Å²) in [5.41, 5.74) is 0.786. The van der Waals surface area contributed by atoms with Crippen LogP contribution in [-0.2, 0) is 6.42 Å². The first-order chi connectivity index (χ1) is 5.81. The van der Waals surface area contributed by atoms with Gasteiger partial charge in [-0.3, -0.25) is 9.59 Å². The summed E-state index contributed by atoms with van der Waals surface area (Å²) < 4.78 is 0. The molecule has 1 heterocycles. The van der Waals surface area contributed by atoms with Crippen molar-refractivity contribution in [3.63, 3.8) is 0 Å². The number of carbonyl (C=O) groups is 2. The Balaban J connectivity index is 2.50. The summed E-state index contributed by atoms with van der Waals surface area (Å²) in [6.07, 6.45) is 3.35. The van der Waals surface area contributed by atoms with Gasteiger partial charge in [0, 0.05) is 16.9 Å². The van der Waals surface area contributed by atoms with Gasteiger partial charge in [-0.05, 0) is 18.9 Å². The van der Waals surface area contributed by atoms with Crippen molar-refractivity contribution in [2.45, 2.75) is 19.3 Å². The molecule has 1 aromatic heterocycles. The molecule has 0 unspecified atom stereocenters. The lowest BCUT2D eigenvalue weighted by atomic mass is 9.98. The third-order valence-corrected chi connectivity index (χ3v) is 3.17. The van der Waals surface area contributed by atoms with Crippen molar-refractivity contribution in [3.05, 3.63) is 21.4 Å². The van der Waals surface area contributed by atoms with Crippen LogP contribution in [0.25, 0.3) is 0 Å². The molecule has 0 aliphatic heterocycles. The number of thiophene rings is 1. The Morgan fingerprint density at radius 2 is 2.25 bits per heavy atom. The number of aldehydes is 1. The molecular weight excluding hydrogens is 172 g/mol. The number of rotatable bonds is 1. The van der Waals surface area contributed by atoms with Crippen molar-refractivity contribution >= 4 is 23.4 Å². The topological polar surface area (TPSA) is 34.1 Å². The van der Waals surface area contributed by atoms with Crippen molar-refractivity contribution in [1.82, 2.24) is 0 Å². The number of Topliss-reactive ketones (excluding diaryl/α,β-unsaturated/α-hetero) is 1. The minimum Gasteiger partial charge on any atom is -0.297 e. The second kappa shape index (κ2) is 2.83. The smallest absolute Gasteiger partial charge is 0.164 e. The SMILES string of the molecule is O=Cc1cc2c(s1)CCCC2=O. The van der Waals surface area contributed by atoms with Gasteiger partial charge in [0.25, 0.3) is 0 Å². The Labute approximate surface area is 74.2 Å². The first-order valence-electron chi connectivity index (χ1n) is 3.92. The summed E-state index contributed by atoms with van der Waals surface area (Å²) in [4.78, 5) is 23.5. The summed E-state index contributed by atoms with van der Waals surface area (Å²) >= 11 is 1.45. The third-order valence-electron chi connectivity index (χ3n) is 2.05. The van der Waals surface area contributed by atoms with E-state index in [-0.39, 0.29) is 5.78 Å². The van der Waals surface area contributed by atoms with Crippen LogP contribution in [0.3, 0.4) is 0 Å². The number of hydrogen-bond donors (Lipinski definition) is 0. The highest BCUT2D eigenvalue weighted by molar-refractivity contribution is 7.14. The van der Waals surface area contributed by atoms with Gasteiger partial charge < -0.3 is 0 Å². The van der Waals surface area contributed by atoms with Crippen molar-refractivity contribution in [2.75, 3.05) is 0 Å². The van der Waals surface area contributed by atoms with Gasteiger partial charge in [0.1, 0.15) is 0 Å². The average Bonchev–Trinajstić information content (AvgIpc) is 2.49. The molecule has 1 aromatic rings. The maximum atomic E-state index is 11.3. The first-order valence-corrected chi connectivity index (χ1v) is 4.74. The molecule has 62 valence electrons. The second-order valence-electron chi connectivity index (χ2n) is 2.88. The minimum atomic E-state index is 0.195. The van der Waals surface area contributed by atoms with Crippen molar-refractivity contribution < 1.29 is 9.59 Å². The molecule has 0 N–H and O–H groups in total. The monoisotopic (exact) mass is 180 g/mol. The summed E-state index contributed by atoms with van der Waals surface area (Å²) in [5.74, 6) is 0.195. The van der Waals surface area contributed by atoms with Crippen LogP contribution >= 0.6 is 11.3 Å². The van der Waals surface area contributed by atoms with Gasteiger partial charge in [0.05, 0.1) is 4.88 Å². The van der Waals surface area contributed by atoms with Crippen LogP contribution < -0.4 is 0 Å². The molecule has 1 aliphatic carbocycles. The zero-order valence-electron chi connectivity index (χ0n) is 6.50. The van der Waals surface area contributed by atoms with E-state index in [4.69, 9.17) is 0 Å². The molecule has 0 atom stereocenters. The van der Waals surface area contributed by atoms with Crippen molar-refractivity contribution in [3.8, 4) is 0 Å². The molecule has 0 saturated heterocycles. The van der Waals surface area contributed by atoms with Gasteiger partial charge in [-0.15, -0.1) is 11.3 Å². The van der Waals surface area contributed by atoms with Gasteiger partial charge >= 0.3 is 0 Å². The Bertz CT molecular complexity index is 338. The molecule has 0 aromatic carbocycles. The number of carbonyl (C=O) groups excluding carboxylic acids is 2. The van der Waals surface area contributed by atoms with Crippen LogP contribution in [0.2, 0.25) is 0 Å². The van der Waals surface area contributed by atoms with E-state index in [1.165, 1.54) is 11.3 Å². The molecule has 2 rings (SSSR count). The molecule has 12 heavy (non-hydrogen) atoms. The maximum absolute atomic E-state index is 11.3. The summed E-state index contributed by atoms with van der Waals surface area (Å²) in [6.45, 7) is 0. The third kappa shape index (κ3) is 1.10. The summed E-state index contributed by atoms with van der Waals surface area (Å²) in [7, 11) is 0. The number of fused-ring (bicyclic) bond motifs is 1. The van der Waals surface area contributed by atoms with Crippen LogP contribution in [0.4, 0.5) is 0 Å². The van der Waals surface area contributed by atoms with Gasteiger partial charge in [0.15, 0.2) is 12.1 Å². The van der Waals surface area contributed by atoms with E-state index >= 15 is 0 Å². The molecule has 1 aliphatic rings. The first kappa shape index (κ1) is 7.68. The van der Waals surface area contributed by atoms with E-state index in [1.807, 2.05) is 0 Å². The predicted octanol–water partition coefficient (Wildman–Crippen LogP) is 2.08. The largest absolute Gasteiger partial charge is 0.297 e. The summed E-state index contributed by atoms with van der Waals surface area (Å²) in [5, 5.41) is 0. The molecule has 2 nitrogen and oxygen atoms in total. The zero-order valence-corrected chi connectivity index (χ0v) is 7.32. The van der Waals surface area contributed by atoms with Crippen LogP contribution in [-0.4, -0.2) is 12.1 Å². The highest BCUT2D eigenvalue weighted by Gasteiger charge is 2.19. The zero-order chi connectivity index (χ0) is 8.55. The minimum absolute atomic E-state index is 0.195. The molecular formula is C9H8O2S. The molecule has 0 bridgehead atoms. The van der Waals surface area contributed by atoms with E-state index in [1.54, 1.807) is 6.07 Å². The van der Waals surface area contributed by atoms with Gasteiger partial charge in [-0.2, -0.15) is 0 Å². The van der Waals surface area contributed by atoms with Gasteiger partial charge in [-0.25, -0.2) is 0 Å². The highest BCUT2D eigenvalue weighted by atomic mass is 32.1. The maximum Gasteiger partial charge on any atom is 0.164 e. The molecule has 0 fully saturated rings. The van der Waals surface area contributed by atoms with E-state index in [0.29, 0.717) is 11.3 Å². The predicted molar refractivity (Wildman–Crippen MR) is 47.0 cm³/mol. The second-order valence-corrected chi connectivity index (χ2v) is 4.05. The van der Waals surface area contributed by atoms with Crippen LogP contribution in [0.5, 0.6) is 0 Å². The molecule has 3 heteroatoms. The van der Waals surface area contributed by atoms with Crippen molar-refractivity contribution in [2.24, 2.45) is 0 Å². The standard InChI is InChI=1S/C9H8O2S/c10-5-6-4-7-8(11)2-1-3-9(7)12-6/h4-5H,1-3H2. The molecule has 0 saturated carbocycles. The van der Waals surface area contributed by atoms with Crippen molar-refractivity contribution in [1.29, 1.82) is 0 Å². The fourth-order valence-electron chi connectivity index (χ4n) is 1.47. The van der Waals surface area contributed by atoms with E-state index in [0.717, 1.165) is 29.6 Å². The van der Waals surface area contributed by atoms with Crippen LogP contribution in [0, 0.1) is 0 Å². The number of aryl methyl sites for hydroxylation is 1. The number of ketones is 1. The fourth-order valence-corrected chi connectivity index (χ4v) is 2.51. The van der Waals surface area contributed by atoms with Gasteiger partial charge in [-0.1, -0.05) is 0 Å². The lowest BCUT2D eigenvalue weighted by Gasteiger charge is -2.07. The molecule has 0 radical (unpaired) electrons. The Hall–Kier alpha value is -0.960.